The minimum atomic E-state index is -2.35. The zero-order valence-corrected chi connectivity index (χ0v) is 21.0. The molecule has 1 nitrogen and oxygen atoms in total. The Morgan fingerprint density at radius 2 is 0.774 bits per heavy atom. The van der Waals surface area contributed by atoms with Crippen LogP contribution in [0.4, 0.5) is 0 Å². The summed E-state index contributed by atoms with van der Waals surface area (Å²) in [5.74, 6) is 1.54. The summed E-state index contributed by atoms with van der Waals surface area (Å²) in [7, 11) is -2.35. The van der Waals surface area contributed by atoms with Gasteiger partial charge in [-0.1, -0.05) is 0 Å². The SMILES string of the molecule is CC(C)c1ccc([PH](CCO)(c2ccc(C(C)C)cc2)c2ccc(C(C)C)cc2)cc1. The van der Waals surface area contributed by atoms with E-state index in [-0.39, 0.29) is 6.61 Å². The zero-order valence-electron chi connectivity index (χ0n) is 20.0. The molecule has 0 aromatic heterocycles. The van der Waals surface area contributed by atoms with E-state index in [2.05, 4.69) is 114 Å². The van der Waals surface area contributed by atoms with Crippen LogP contribution in [0.3, 0.4) is 0 Å². The zero-order chi connectivity index (χ0) is 22.6. The second-order valence-corrected chi connectivity index (χ2v) is 13.8. The van der Waals surface area contributed by atoms with Gasteiger partial charge in [0.2, 0.25) is 0 Å². The molecule has 3 aromatic carbocycles. The fraction of sp³-hybridized carbons (Fsp3) is 0.379. The molecule has 0 aliphatic carbocycles. The van der Waals surface area contributed by atoms with Crippen LogP contribution in [-0.4, -0.2) is 17.9 Å². The third kappa shape index (κ3) is 4.94. The molecule has 0 fully saturated rings. The Morgan fingerprint density at radius 3 is 0.968 bits per heavy atom. The first-order valence-electron chi connectivity index (χ1n) is 11.7. The maximum atomic E-state index is 10.2. The van der Waals surface area contributed by atoms with Crippen molar-refractivity contribution in [3.8, 4) is 0 Å². The molecular weight excluding hydrogens is 395 g/mol. The van der Waals surface area contributed by atoms with Crippen molar-refractivity contribution in [1.82, 2.24) is 0 Å². The summed E-state index contributed by atoms with van der Waals surface area (Å²) in [5, 5.41) is 14.4. The van der Waals surface area contributed by atoms with Crippen molar-refractivity contribution < 1.29 is 5.11 Å². The van der Waals surface area contributed by atoms with E-state index in [9.17, 15) is 5.11 Å². The number of hydrogen-bond donors (Lipinski definition) is 1. The molecule has 0 spiro atoms. The van der Waals surface area contributed by atoms with E-state index in [1.165, 1.54) is 32.6 Å². The van der Waals surface area contributed by atoms with Crippen molar-refractivity contribution in [3.05, 3.63) is 89.5 Å². The predicted molar refractivity (Wildman–Crippen MR) is 141 cm³/mol. The Balaban J connectivity index is 2.23. The van der Waals surface area contributed by atoms with Gasteiger partial charge in [0, 0.05) is 0 Å². The third-order valence-corrected chi connectivity index (χ3v) is 11.6. The van der Waals surface area contributed by atoms with Gasteiger partial charge in [-0.15, -0.1) is 0 Å². The van der Waals surface area contributed by atoms with Crippen LogP contribution in [0.1, 0.15) is 76.0 Å². The maximum absolute atomic E-state index is 10.2. The third-order valence-electron chi connectivity index (χ3n) is 6.70. The fourth-order valence-corrected chi connectivity index (χ4v) is 8.97. The number of benzene rings is 3. The molecule has 0 bridgehead atoms. The van der Waals surface area contributed by atoms with Gasteiger partial charge in [-0.2, -0.15) is 0 Å². The Morgan fingerprint density at radius 1 is 0.516 bits per heavy atom. The number of aliphatic hydroxyl groups excluding tert-OH is 1. The standard InChI is InChI=1S/C29H39OP/c1-21(2)24-7-13-27(14-8-24)31(20-19-30,28-15-9-25(10-16-28)22(3)4)29-17-11-26(12-18-29)23(5)6/h7-18,21-23,30-31H,19-20H2,1-6H3. The summed E-state index contributed by atoms with van der Waals surface area (Å²) in [6, 6.07) is 27.6. The Hall–Kier alpha value is -1.95. The van der Waals surface area contributed by atoms with Crippen LogP contribution in [0.15, 0.2) is 72.8 Å². The first-order valence-corrected chi connectivity index (χ1v) is 13.9. The van der Waals surface area contributed by atoms with Crippen molar-refractivity contribution in [2.24, 2.45) is 0 Å². The van der Waals surface area contributed by atoms with Gasteiger partial charge in [-0.25, -0.2) is 0 Å². The van der Waals surface area contributed by atoms with Gasteiger partial charge in [0.1, 0.15) is 0 Å². The van der Waals surface area contributed by atoms with Gasteiger partial charge in [0.05, 0.1) is 0 Å². The van der Waals surface area contributed by atoms with Crippen molar-refractivity contribution in [2.45, 2.75) is 59.3 Å². The van der Waals surface area contributed by atoms with E-state index in [4.69, 9.17) is 0 Å². The van der Waals surface area contributed by atoms with E-state index in [1.807, 2.05) is 0 Å². The molecule has 0 saturated heterocycles. The quantitative estimate of drug-likeness (QED) is 0.426. The van der Waals surface area contributed by atoms with Crippen LogP contribution in [-0.2, 0) is 0 Å². The molecule has 1 N–H and O–H groups in total. The molecule has 0 aliphatic heterocycles. The summed E-state index contributed by atoms with van der Waals surface area (Å²) in [6.07, 6.45) is 0.788. The first kappa shape index (κ1) is 23.7. The van der Waals surface area contributed by atoms with E-state index < -0.39 is 7.26 Å². The normalized spacial score (nSPS) is 12.7. The summed E-state index contributed by atoms with van der Waals surface area (Å²) in [4.78, 5) is 0. The second-order valence-electron chi connectivity index (χ2n) is 9.71. The van der Waals surface area contributed by atoms with Crippen LogP contribution in [0.5, 0.6) is 0 Å². The van der Waals surface area contributed by atoms with Crippen molar-refractivity contribution >= 4 is 23.2 Å². The molecule has 0 saturated carbocycles. The first-order chi connectivity index (χ1) is 14.8. The van der Waals surface area contributed by atoms with E-state index >= 15 is 0 Å². The second kappa shape index (κ2) is 10.1. The number of rotatable bonds is 8. The molecule has 3 rings (SSSR count). The van der Waals surface area contributed by atoms with Crippen molar-refractivity contribution in [3.63, 3.8) is 0 Å². The van der Waals surface area contributed by atoms with Crippen LogP contribution >= 0.6 is 7.26 Å². The fourth-order valence-electron chi connectivity index (χ4n) is 4.56. The number of hydrogen-bond acceptors (Lipinski definition) is 1. The van der Waals surface area contributed by atoms with Gasteiger partial charge in [0.25, 0.3) is 0 Å². The van der Waals surface area contributed by atoms with Gasteiger partial charge in [-0.05, 0) is 0 Å². The molecule has 0 atom stereocenters. The van der Waals surface area contributed by atoms with Gasteiger partial charge >= 0.3 is 190 Å². The van der Waals surface area contributed by atoms with Crippen LogP contribution in [0, 0.1) is 0 Å². The molecule has 0 amide bonds. The Kier molecular flexibility index (Phi) is 7.73. The monoisotopic (exact) mass is 434 g/mol. The minimum absolute atomic E-state index is 0.190. The molecule has 166 valence electrons. The van der Waals surface area contributed by atoms with Gasteiger partial charge in [0.15, 0.2) is 0 Å². The van der Waals surface area contributed by atoms with Crippen LogP contribution in [0.25, 0.3) is 0 Å². The molecule has 0 heterocycles. The molecule has 31 heavy (non-hydrogen) atoms. The molecule has 0 unspecified atom stereocenters. The van der Waals surface area contributed by atoms with Crippen LogP contribution < -0.4 is 15.9 Å². The number of aliphatic hydroxyl groups is 1. The average Bonchev–Trinajstić information content (AvgIpc) is 2.78. The van der Waals surface area contributed by atoms with E-state index in [1.54, 1.807) is 0 Å². The van der Waals surface area contributed by atoms with Gasteiger partial charge < -0.3 is 0 Å². The average molecular weight is 435 g/mol. The molecule has 0 radical (unpaired) electrons. The summed E-state index contributed by atoms with van der Waals surface area (Å²) < 4.78 is 0. The van der Waals surface area contributed by atoms with Crippen LogP contribution in [0.2, 0.25) is 0 Å². The van der Waals surface area contributed by atoms with Crippen molar-refractivity contribution in [1.29, 1.82) is 0 Å². The summed E-state index contributed by atoms with van der Waals surface area (Å²) in [6.45, 7) is 13.6. The topological polar surface area (TPSA) is 20.2 Å². The molecule has 3 aromatic rings. The molecule has 2 heteroatoms. The Bertz CT molecular complexity index is 826. The summed E-state index contributed by atoms with van der Waals surface area (Å²) in [5.41, 5.74) is 4.09. The van der Waals surface area contributed by atoms with E-state index in [0.29, 0.717) is 17.8 Å². The predicted octanol–water partition coefficient (Wildman–Crippen LogP) is 6.08. The Labute approximate surface area is 189 Å². The van der Waals surface area contributed by atoms with Gasteiger partial charge in [-0.3, -0.25) is 0 Å². The van der Waals surface area contributed by atoms with E-state index in [0.717, 1.165) is 6.16 Å². The molecular formula is C29H39OP. The summed E-state index contributed by atoms with van der Waals surface area (Å²) >= 11 is 0. The van der Waals surface area contributed by atoms with Crippen molar-refractivity contribution in [2.75, 3.05) is 12.8 Å². The molecule has 0 aliphatic rings.